The van der Waals surface area contributed by atoms with Gasteiger partial charge in [-0.15, -0.1) is 11.8 Å². The summed E-state index contributed by atoms with van der Waals surface area (Å²) in [5.41, 5.74) is 1.21. The highest BCUT2D eigenvalue weighted by molar-refractivity contribution is 7.99. The number of benzene rings is 2. The number of thioether (sulfide) groups is 1. The third-order valence-electron chi connectivity index (χ3n) is 3.70. The molecule has 3 nitrogen and oxygen atoms in total. The Morgan fingerprint density at radius 2 is 1.91 bits per heavy atom. The molecule has 2 atom stereocenters. The van der Waals surface area contributed by atoms with Crippen molar-refractivity contribution < 1.29 is 9.53 Å². The lowest BCUT2D eigenvalue weighted by Gasteiger charge is -2.27. The van der Waals surface area contributed by atoms with Crippen LogP contribution in [-0.2, 0) is 4.79 Å². The van der Waals surface area contributed by atoms with Crippen molar-refractivity contribution in [1.29, 1.82) is 0 Å². The number of hydrogen-bond donors (Lipinski definition) is 1. The van der Waals surface area contributed by atoms with E-state index in [1.54, 1.807) is 6.92 Å². The van der Waals surface area contributed by atoms with Gasteiger partial charge in [0.05, 0.1) is 6.04 Å². The van der Waals surface area contributed by atoms with E-state index in [4.69, 9.17) is 4.74 Å². The Balaban J connectivity index is 1.65. The van der Waals surface area contributed by atoms with Crippen LogP contribution in [0.4, 0.5) is 0 Å². The van der Waals surface area contributed by atoms with E-state index in [2.05, 4.69) is 17.4 Å². The average Bonchev–Trinajstić information content (AvgIpc) is 2.56. The number of nitrogens with one attached hydrogen (secondary N) is 1. The zero-order valence-corrected chi connectivity index (χ0v) is 13.3. The monoisotopic (exact) mass is 313 g/mol. The molecule has 0 spiro atoms. The maximum absolute atomic E-state index is 12.4. The lowest BCUT2D eigenvalue weighted by Crippen LogP contribution is -2.39. The minimum Gasteiger partial charge on any atom is -0.481 e. The summed E-state index contributed by atoms with van der Waals surface area (Å²) in [7, 11) is 0. The van der Waals surface area contributed by atoms with Crippen LogP contribution in [0.1, 0.15) is 24.9 Å². The van der Waals surface area contributed by atoms with Gasteiger partial charge in [0.15, 0.2) is 6.10 Å². The van der Waals surface area contributed by atoms with Crippen LogP contribution >= 0.6 is 11.8 Å². The van der Waals surface area contributed by atoms with Crippen LogP contribution < -0.4 is 10.1 Å². The fraction of sp³-hybridized carbons (Fsp3) is 0.278. The number of amides is 1. The van der Waals surface area contributed by atoms with Gasteiger partial charge >= 0.3 is 0 Å². The summed E-state index contributed by atoms with van der Waals surface area (Å²) in [5, 5.41) is 3.12. The van der Waals surface area contributed by atoms with Gasteiger partial charge in [0.2, 0.25) is 0 Å². The van der Waals surface area contributed by atoms with Gasteiger partial charge in [0.1, 0.15) is 5.75 Å². The Labute approximate surface area is 135 Å². The smallest absolute Gasteiger partial charge is 0.261 e. The minimum absolute atomic E-state index is 0.0736. The second-order valence-electron chi connectivity index (χ2n) is 5.31. The molecule has 0 fully saturated rings. The van der Waals surface area contributed by atoms with Gasteiger partial charge in [-0.3, -0.25) is 4.79 Å². The molecule has 0 aromatic heterocycles. The standard InChI is InChI=1S/C18H19NO2S/c1-13(21-14-7-3-2-4-8-14)18(20)19-16-11-12-22-17-10-6-5-9-15(16)17/h2-10,13,16H,11-12H2,1H3,(H,19,20)/t13-,16-/m0/s1. The van der Waals surface area contributed by atoms with Crippen molar-refractivity contribution in [2.75, 3.05) is 5.75 Å². The SMILES string of the molecule is C[C@H](Oc1ccccc1)C(=O)N[C@H]1CCSc2ccccc21. The molecule has 1 heterocycles. The predicted octanol–water partition coefficient (Wildman–Crippen LogP) is 3.81. The van der Waals surface area contributed by atoms with E-state index in [1.165, 1.54) is 10.5 Å². The van der Waals surface area contributed by atoms with Crippen molar-refractivity contribution >= 4 is 17.7 Å². The number of hydrogen-bond acceptors (Lipinski definition) is 3. The molecule has 1 aliphatic rings. The molecule has 0 unspecified atom stereocenters. The molecular formula is C18H19NO2S. The summed E-state index contributed by atoms with van der Waals surface area (Å²) in [5.74, 6) is 1.66. The third-order valence-corrected chi connectivity index (χ3v) is 4.82. The molecule has 1 aliphatic heterocycles. The maximum Gasteiger partial charge on any atom is 0.261 e. The van der Waals surface area contributed by atoms with E-state index in [-0.39, 0.29) is 11.9 Å². The first-order valence-corrected chi connectivity index (χ1v) is 8.46. The van der Waals surface area contributed by atoms with Crippen LogP contribution in [0.2, 0.25) is 0 Å². The van der Waals surface area contributed by atoms with Crippen LogP contribution in [-0.4, -0.2) is 17.8 Å². The third kappa shape index (κ3) is 3.45. The van der Waals surface area contributed by atoms with E-state index < -0.39 is 6.10 Å². The fourth-order valence-electron chi connectivity index (χ4n) is 2.54. The number of carbonyl (C=O) groups is 1. The van der Waals surface area contributed by atoms with E-state index >= 15 is 0 Å². The van der Waals surface area contributed by atoms with Crippen molar-refractivity contribution in [3.8, 4) is 5.75 Å². The molecule has 3 rings (SSSR count). The van der Waals surface area contributed by atoms with Crippen molar-refractivity contribution in [3.63, 3.8) is 0 Å². The van der Waals surface area contributed by atoms with Crippen molar-refractivity contribution in [1.82, 2.24) is 5.32 Å². The number of carbonyl (C=O) groups excluding carboxylic acids is 1. The van der Waals surface area contributed by atoms with Gasteiger partial charge < -0.3 is 10.1 Å². The molecule has 1 amide bonds. The molecule has 22 heavy (non-hydrogen) atoms. The molecule has 0 bridgehead atoms. The summed E-state index contributed by atoms with van der Waals surface area (Å²) < 4.78 is 5.69. The van der Waals surface area contributed by atoms with Crippen molar-refractivity contribution in [2.24, 2.45) is 0 Å². The molecule has 114 valence electrons. The Kier molecular flexibility index (Phi) is 4.68. The van der Waals surface area contributed by atoms with Gasteiger partial charge in [0, 0.05) is 10.6 Å². The van der Waals surface area contributed by atoms with E-state index in [1.807, 2.05) is 54.2 Å². The molecule has 2 aromatic rings. The molecule has 0 saturated heterocycles. The summed E-state index contributed by atoms with van der Waals surface area (Å²) in [6.45, 7) is 1.78. The summed E-state index contributed by atoms with van der Waals surface area (Å²) >= 11 is 1.85. The zero-order chi connectivity index (χ0) is 15.4. The Hall–Kier alpha value is -1.94. The first-order chi connectivity index (χ1) is 10.7. The Morgan fingerprint density at radius 3 is 2.73 bits per heavy atom. The quantitative estimate of drug-likeness (QED) is 0.933. The second-order valence-corrected chi connectivity index (χ2v) is 6.45. The van der Waals surface area contributed by atoms with Crippen LogP contribution in [0.15, 0.2) is 59.5 Å². The number of rotatable bonds is 4. The largest absolute Gasteiger partial charge is 0.481 e. The van der Waals surface area contributed by atoms with Crippen molar-refractivity contribution in [3.05, 3.63) is 60.2 Å². The van der Waals surface area contributed by atoms with Gasteiger partial charge in [-0.1, -0.05) is 36.4 Å². The molecule has 0 radical (unpaired) electrons. The predicted molar refractivity (Wildman–Crippen MR) is 89.2 cm³/mol. The molecular weight excluding hydrogens is 294 g/mol. The topological polar surface area (TPSA) is 38.3 Å². The maximum atomic E-state index is 12.4. The number of ether oxygens (including phenoxy) is 1. The van der Waals surface area contributed by atoms with Crippen LogP contribution in [0.5, 0.6) is 5.75 Å². The highest BCUT2D eigenvalue weighted by Gasteiger charge is 2.24. The Morgan fingerprint density at radius 1 is 1.18 bits per heavy atom. The second kappa shape index (κ2) is 6.88. The van der Waals surface area contributed by atoms with Gasteiger partial charge in [0.25, 0.3) is 5.91 Å². The highest BCUT2D eigenvalue weighted by atomic mass is 32.2. The lowest BCUT2D eigenvalue weighted by atomic mass is 10.0. The molecule has 1 N–H and O–H groups in total. The first-order valence-electron chi connectivity index (χ1n) is 7.48. The van der Waals surface area contributed by atoms with Crippen molar-refractivity contribution in [2.45, 2.75) is 30.4 Å². The summed E-state index contributed by atoms with van der Waals surface area (Å²) in [6, 6.07) is 17.8. The Bertz CT molecular complexity index is 645. The van der Waals surface area contributed by atoms with Gasteiger partial charge in [-0.25, -0.2) is 0 Å². The van der Waals surface area contributed by atoms with Gasteiger partial charge in [-0.05, 0) is 37.1 Å². The van der Waals surface area contributed by atoms with Crippen LogP contribution in [0.25, 0.3) is 0 Å². The normalized spacial score (nSPS) is 18.1. The number of fused-ring (bicyclic) bond motifs is 1. The molecule has 4 heteroatoms. The summed E-state index contributed by atoms with van der Waals surface area (Å²) in [6.07, 6.45) is 0.440. The molecule has 2 aromatic carbocycles. The zero-order valence-electron chi connectivity index (χ0n) is 12.5. The molecule has 0 saturated carbocycles. The summed E-state index contributed by atoms with van der Waals surface area (Å²) in [4.78, 5) is 13.6. The van der Waals surface area contributed by atoms with Gasteiger partial charge in [-0.2, -0.15) is 0 Å². The van der Waals surface area contributed by atoms with Crippen LogP contribution in [0.3, 0.4) is 0 Å². The van der Waals surface area contributed by atoms with E-state index in [9.17, 15) is 4.79 Å². The van der Waals surface area contributed by atoms with E-state index in [0.29, 0.717) is 5.75 Å². The average molecular weight is 313 g/mol. The fourth-order valence-corrected chi connectivity index (χ4v) is 3.66. The highest BCUT2D eigenvalue weighted by Crippen LogP contribution is 2.35. The lowest BCUT2D eigenvalue weighted by molar-refractivity contribution is -0.128. The van der Waals surface area contributed by atoms with Crippen LogP contribution in [0, 0.1) is 0 Å². The minimum atomic E-state index is -0.510. The first kappa shape index (κ1) is 15.0. The molecule has 0 aliphatic carbocycles. The number of para-hydroxylation sites is 1. The van der Waals surface area contributed by atoms with E-state index in [0.717, 1.165) is 12.2 Å².